The Morgan fingerprint density at radius 3 is 2.52 bits per heavy atom. The van der Waals surface area contributed by atoms with Gasteiger partial charge in [0, 0.05) is 18.9 Å². The lowest BCUT2D eigenvalue weighted by Crippen LogP contribution is -2.15. The highest BCUT2D eigenvalue weighted by molar-refractivity contribution is 7.92. The molecule has 2 N–H and O–H groups in total. The van der Waals surface area contributed by atoms with Crippen molar-refractivity contribution in [3.63, 3.8) is 0 Å². The Labute approximate surface area is 147 Å². The zero-order valence-corrected chi connectivity index (χ0v) is 14.5. The van der Waals surface area contributed by atoms with E-state index in [9.17, 15) is 8.42 Å². The molecular weight excluding hydrogens is 336 g/mol. The number of aryl methyl sites for hydroxylation is 1. The summed E-state index contributed by atoms with van der Waals surface area (Å²) in [4.78, 5) is 8.46. The highest BCUT2D eigenvalue weighted by Crippen LogP contribution is 2.19. The van der Waals surface area contributed by atoms with Gasteiger partial charge in [-0.05, 0) is 42.3 Å². The molecule has 0 fully saturated rings. The van der Waals surface area contributed by atoms with Crippen LogP contribution < -0.4 is 10.0 Å². The van der Waals surface area contributed by atoms with Crippen molar-refractivity contribution < 1.29 is 8.42 Å². The van der Waals surface area contributed by atoms with Crippen molar-refractivity contribution in [3.8, 4) is 0 Å². The summed E-state index contributed by atoms with van der Waals surface area (Å²) in [5, 5.41) is 3.21. The van der Waals surface area contributed by atoms with E-state index in [1.54, 1.807) is 61.9 Å². The molecule has 0 aliphatic rings. The van der Waals surface area contributed by atoms with Crippen LogP contribution in [0.15, 0.2) is 72.0 Å². The standard InChI is InChI=1S/C18H18N4O2S/c1-14-5-2-3-7-17(14)25(23,24)22-18-9-8-16(13-21-18)20-12-15-6-4-10-19-11-15/h2-11,13,20H,12H2,1H3,(H,21,22). The first kappa shape index (κ1) is 16.9. The number of sulfonamides is 1. The van der Waals surface area contributed by atoms with Gasteiger partial charge in [-0.25, -0.2) is 13.4 Å². The molecule has 0 aliphatic carbocycles. The van der Waals surface area contributed by atoms with Crippen molar-refractivity contribution in [1.29, 1.82) is 0 Å². The zero-order valence-electron chi connectivity index (χ0n) is 13.7. The van der Waals surface area contributed by atoms with Gasteiger partial charge in [0.1, 0.15) is 5.82 Å². The smallest absolute Gasteiger partial charge is 0.263 e. The molecule has 0 amide bonds. The van der Waals surface area contributed by atoms with Crippen LogP contribution in [0.5, 0.6) is 0 Å². The summed E-state index contributed by atoms with van der Waals surface area (Å²) in [5.41, 5.74) is 2.53. The largest absolute Gasteiger partial charge is 0.380 e. The van der Waals surface area contributed by atoms with Gasteiger partial charge < -0.3 is 5.32 Å². The number of aromatic nitrogens is 2. The van der Waals surface area contributed by atoms with Gasteiger partial charge in [-0.2, -0.15) is 0 Å². The van der Waals surface area contributed by atoms with Gasteiger partial charge in [-0.15, -0.1) is 0 Å². The maximum Gasteiger partial charge on any atom is 0.263 e. The highest BCUT2D eigenvalue weighted by Gasteiger charge is 2.16. The van der Waals surface area contributed by atoms with Crippen LogP contribution in [0, 0.1) is 6.92 Å². The maximum absolute atomic E-state index is 12.4. The lowest BCUT2D eigenvalue weighted by molar-refractivity contribution is 0.600. The van der Waals surface area contributed by atoms with E-state index in [0.717, 1.165) is 11.3 Å². The molecule has 0 saturated carbocycles. The zero-order chi connectivity index (χ0) is 17.7. The molecule has 0 atom stereocenters. The van der Waals surface area contributed by atoms with Crippen LogP contribution in [0.4, 0.5) is 11.5 Å². The molecule has 0 bridgehead atoms. The Morgan fingerprint density at radius 1 is 1.00 bits per heavy atom. The van der Waals surface area contributed by atoms with Crippen molar-refractivity contribution in [2.75, 3.05) is 10.0 Å². The molecule has 7 heteroatoms. The third-order valence-corrected chi connectivity index (χ3v) is 5.12. The lowest BCUT2D eigenvalue weighted by Gasteiger charge is -2.10. The molecule has 0 spiro atoms. The van der Waals surface area contributed by atoms with Crippen molar-refractivity contribution >= 4 is 21.5 Å². The number of rotatable bonds is 6. The monoisotopic (exact) mass is 354 g/mol. The number of benzene rings is 1. The number of pyridine rings is 2. The van der Waals surface area contributed by atoms with Gasteiger partial charge in [-0.1, -0.05) is 24.3 Å². The summed E-state index contributed by atoms with van der Waals surface area (Å²) >= 11 is 0. The van der Waals surface area contributed by atoms with Crippen LogP contribution in [0.25, 0.3) is 0 Å². The molecule has 2 heterocycles. The van der Waals surface area contributed by atoms with Crippen LogP contribution in [-0.2, 0) is 16.6 Å². The summed E-state index contributed by atoms with van der Waals surface area (Å²) in [7, 11) is -3.65. The number of anilines is 2. The van der Waals surface area contributed by atoms with Gasteiger partial charge >= 0.3 is 0 Å². The third-order valence-electron chi connectivity index (χ3n) is 3.60. The van der Waals surface area contributed by atoms with Crippen LogP contribution in [0.2, 0.25) is 0 Å². The van der Waals surface area contributed by atoms with Crippen molar-refractivity contribution in [2.45, 2.75) is 18.4 Å². The average Bonchev–Trinajstić information content (AvgIpc) is 2.62. The summed E-state index contributed by atoms with van der Waals surface area (Å²) in [6.45, 7) is 2.37. The molecule has 3 aromatic rings. The molecule has 0 saturated heterocycles. The number of nitrogens with one attached hydrogen (secondary N) is 2. The fourth-order valence-electron chi connectivity index (χ4n) is 2.32. The van der Waals surface area contributed by atoms with Gasteiger partial charge in [-0.3, -0.25) is 9.71 Å². The van der Waals surface area contributed by atoms with Gasteiger partial charge in [0.25, 0.3) is 10.0 Å². The first-order chi connectivity index (χ1) is 12.0. The molecule has 3 rings (SSSR count). The Balaban J connectivity index is 1.67. The van der Waals surface area contributed by atoms with E-state index in [1.807, 2.05) is 12.1 Å². The first-order valence-electron chi connectivity index (χ1n) is 7.72. The number of nitrogens with zero attached hydrogens (tertiary/aromatic N) is 2. The second-order valence-corrected chi connectivity index (χ2v) is 7.17. The summed E-state index contributed by atoms with van der Waals surface area (Å²) < 4.78 is 27.4. The van der Waals surface area contributed by atoms with Crippen LogP contribution >= 0.6 is 0 Å². The molecule has 6 nitrogen and oxygen atoms in total. The van der Waals surface area contributed by atoms with Crippen molar-refractivity contribution in [2.24, 2.45) is 0 Å². The van der Waals surface area contributed by atoms with Crippen molar-refractivity contribution in [1.82, 2.24) is 9.97 Å². The minimum Gasteiger partial charge on any atom is -0.380 e. The highest BCUT2D eigenvalue weighted by atomic mass is 32.2. The van der Waals surface area contributed by atoms with Crippen LogP contribution in [0.1, 0.15) is 11.1 Å². The Bertz CT molecular complexity index is 942. The summed E-state index contributed by atoms with van der Waals surface area (Å²) in [6.07, 6.45) is 5.09. The average molecular weight is 354 g/mol. The van der Waals surface area contributed by atoms with Crippen molar-refractivity contribution in [3.05, 3.63) is 78.2 Å². The predicted octanol–water partition coefficient (Wildman–Crippen LogP) is 3.20. The van der Waals surface area contributed by atoms with E-state index in [2.05, 4.69) is 20.0 Å². The lowest BCUT2D eigenvalue weighted by atomic mass is 10.2. The van der Waals surface area contributed by atoms with E-state index in [4.69, 9.17) is 0 Å². The van der Waals surface area contributed by atoms with Crippen LogP contribution in [-0.4, -0.2) is 18.4 Å². The van der Waals surface area contributed by atoms with Gasteiger partial charge in [0.15, 0.2) is 0 Å². The Morgan fingerprint density at radius 2 is 1.84 bits per heavy atom. The molecule has 128 valence electrons. The van der Waals surface area contributed by atoms with E-state index in [0.29, 0.717) is 12.1 Å². The number of hydrogen-bond donors (Lipinski definition) is 2. The van der Waals surface area contributed by atoms with E-state index in [1.165, 1.54) is 0 Å². The normalized spacial score (nSPS) is 11.1. The topological polar surface area (TPSA) is 84.0 Å². The van der Waals surface area contributed by atoms with E-state index < -0.39 is 10.0 Å². The second kappa shape index (κ2) is 7.31. The maximum atomic E-state index is 12.4. The third kappa shape index (κ3) is 4.33. The molecule has 25 heavy (non-hydrogen) atoms. The fraction of sp³-hybridized carbons (Fsp3) is 0.111. The minimum absolute atomic E-state index is 0.246. The first-order valence-corrected chi connectivity index (χ1v) is 9.20. The molecule has 2 aromatic heterocycles. The second-order valence-electron chi connectivity index (χ2n) is 5.52. The van der Waals surface area contributed by atoms with Gasteiger partial charge in [0.2, 0.25) is 0 Å². The SMILES string of the molecule is Cc1ccccc1S(=O)(=O)Nc1ccc(NCc2cccnc2)cn1. The van der Waals surface area contributed by atoms with E-state index in [-0.39, 0.29) is 10.7 Å². The van der Waals surface area contributed by atoms with Gasteiger partial charge in [0.05, 0.1) is 16.8 Å². The summed E-state index contributed by atoms with van der Waals surface area (Å²) in [5.74, 6) is 0.273. The minimum atomic E-state index is -3.65. The van der Waals surface area contributed by atoms with Crippen LogP contribution in [0.3, 0.4) is 0 Å². The Hall–Kier alpha value is -2.93. The quantitative estimate of drug-likeness (QED) is 0.710. The molecule has 0 radical (unpaired) electrons. The fourth-order valence-corrected chi connectivity index (χ4v) is 3.57. The summed E-state index contributed by atoms with van der Waals surface area (Å²) in [6, 6.07) is 14.1. The molecule has 0 aliphatic heterocycles. The molecule has 0 unspecified atom stereocenters. The Kier molecular flexibility index (Phi) is 4.95. The molecule has 1 aromatic carbocycles. The number of hydrogen-bond acceptors (Lipinski definition) is 5. The molecular formula is C18H18N4O2S. The predicted molar refractivity (Wildman–Crippen MR) is 97.8 cm³/mol. The van der Waals surface area contributed by atoms with E-state index >= 15 is 0 Å².